The molecule has 1 aliphatic rings. The van der Waals surface area contributed by atoms with Gasteiger partial charge in [0.2, 0.25) is 0 Å². The fourth-order valence-corrected chi connectivity index (χ4v) is 1.23. The summed E-state index contributed by atoms with van der Waals surface area (Å²) in [6.45, 7) is 1.96. The number of aldehydes is 1. The summed E-state index contributed by atoms with van der Waals surface area (Å²) in [5, 5.41) is 0. The number of nitrogens with zero attached hydrogens (tertiary/aromatic N) is 1. The Morgan fingerprint density at radius 2 is 2.00 bits per heavy atom. The molecule has 2 N–H and O–H groups in total. The van der Waals surface area contributed by atoms with E-state index in [-0.39, 0.29) is 0 Å². The predicted octanol–water partition coefficient (Wildman–Crippen LogP) is 0.122. The summed E-state index contributed by atoms with van der Waals surface area (Å²) in [6.07, 6.45) is 6.22. The zero-order valence-corrected chi connectivity index (χ0v) is 6.57. The van der Waals surface area contributed by atoms with Crippen LogP contribution in [0.5, 0.6) is 0 Å². The van der Waals surface area contributed by atoms with Crippen molar-refractivity contribution in [3.05, 3.63) is 12.3 Å². The van der Waals surface area contributed by atoms with Crippen molar-refractivity contribution in [2.75, 3.05) is 13.1 Å². The molecule has 0 aromatic heterocycles. The van der Waals surface area contributed by atoms with Crippen LogP contribution in [0.2, 0.25) is 0 Å². The zero-order chi connectivity index (χ0) is 8.10. The van der Waals surface area contributed by atoms with Gasteiger partial charge in [-0.1, -0.05) is 0 Å². The van der Waals surface area contributed by atoms with Crippen LogP contribution < -0.4 is 5.73 Å². The van der Waals surface area contributed by atoms with Crippen LogP contribution in [-0.2, 0) is 4.79 Å². The molecule has 0 amide bonds. The van der Waals surface area contributed by atoms with E-state index in [9.17, 15) is 4.79 Å². The zero-order valence-electron chi connectivity index (χ0n) is 6.57. The van der Waals surface area contributed by atoms with Crippen molar-refractivity contribution in [2.45, 2.75) is 18.9 Å². The molecule has 0 aromatic rings. The van der Waals surface area contributed by atoms with Crippen LogP contribution in [0.1, 0.15) is 12.8 Å². The summed E-state index contributed by atoms with van der Waals surface area (Å²) < 4.78 is 0. The summed E-state index contributed by atoms with van der Waals surface area (Å²) in [5.41, 5.74) is 5.71. The van der Waals surface area contributed by atoms with Gasteiger partial charge in [0.1, 0.15) is 6.29 Å². The van der Waals surface area contributed by atoms with Gasteiger partial charge in [-0.25, -0.2) is 0 Å². The summed E-state index contributed by atoms with van der Waals surface area (Å²) in [6, 6.07) is 0.357. The Bertz CT molecular complexity index is 148. The molecule has 0 spiro atoms. The van der Waals surface area contributed by atoms with Gasteiger partial charge in [-0.3, -0.25) is 4.79 Å². The Labute approximate surface area is 66.9 Å². The summed E-state index contributed by atoms with van der Waals surface area (Å²) in [4.78, 5) is 12.1. The molecule has 0 aliphatic carbocycles. The molecule has 1 heterocycles. The third-order valence-electron chi connectivity index (χ3n) is 1.95. The molecule has 3 nitrogen and oxygen atoms in total. The first-order valence-electron chi connectivity index (χ1n) is 3.94. The lowest BCUT2D eigenvalue weighted by atomic mass is 10.1. The van der Waals surface area contributed by atoms with Crippen LogP contribution in [0.25, 0.3) is 0 Å². The lowest BCUT2D eigenvalue weighted by molar-refractivity contribution is -0.104. The lowest BCUT2D eigenvalue weighted by Crippen LogP contribution is -2.36. The van der Waals surface area contributed by atoms with Gasteiger partial charge in [-0.05, 0) is 18.9 Å². The number of carbonyl (C=O) groups is 1. The molecule has 0 radical (unpaired) electrons. The highest BCUT2D eigenvalue weighted by molar-refractivity contribution is 5.64. The third-order valence-corrected chi connectivity index (χ3v) is 1.95. The number of likely N-dealkylation sites (tertiary alicyclic amines) is 1. The number of carbonyl (C=O) groups excluding carboxylic acids is 1. The Morgan fingerprint density at radius 1 is 1.36 bits per heavy atom. The minimum atomic E-state index is 0.357. The van der Waals surface area contributed by atoms with Gasteiger partial charge in [0.05, 0.1) is 0 Å². The molecule has 0 unspecified atom stereocenters. The first-order valence-corrected chi connectivity index (χ1v) is 3.94. The molecule has 1 fully saturated rings. The van der Waals surface area contributed by atoms with E-state index in [0.717, 1.165) is 32.2 Å². The van der Waals surface area contributed by atoms with Crippen molar-refractivity contribution in [3.63, 3.8) is 0 Å². The van der Waals surface area contributed by atoms with Gasteiger partial charge in [-0.2, -0.15) is 0 Å². The van der Waals surface area contributed by atoms with E-state index < -0.39 is 0 Å². The Hall–Kier alpha value is -0.830. The van der Waals surface area contributed by atoms with E-state index in [0.29, 0.717) is 6.04 Å². The van der Waals surface area contributed by atoms with Crippen molar-refractivity contribution >= 4 is 6.29 Å². The second-order valence-electron chi connectivity index (χ2n) is 2.85. The Morgan fingerprint density at radius 3 is 2.55 bits per heavy atom. The minimum absolute atomic E-state index is 0.357. The first kappa shape index (κ1) is 8.27. The Kier molecular flexibility index (Phi) is 3.11. The average molecular weight is 154 g/mol. The maximum atomic E-state index is 9.97. The van der Waals surface area contributed by atoms with Gasteiger partial charge < -0.3 is 10.6 Å². The van der Waals surface area contributed by atoms with E-state index in [1.54, 1.807) is 0 Å². The van der Waals surface area contributed by atoms with E-state index >= 15 is 0 Å². The molecule has 11 heavy (non-hydrogen) atoms. The van der Waals surface area contributed by atoms with Gasteiger partial charge in [0.25, 0.3) is 0 Å². The molecule has 3 heteroatoms. The number of rotatable bonds is 2. The van der Waals surface area contributed by atoms with Crippen LogP contribution in [0.15, 0.2) is 12.3 Å². The molecule has 1 rings (SSSR count). The maximum Gasteiger partial charge on any atom is 0.144 e. The molecule has 62 valence electrons. The number of hydrogen-bond donors (Lipinski definition) is 1. The smallest absolute Gasteiger partial charge is 0.144 e. The van der Waals surface area contributed by atoms with Crippen LogP contribution in [0, 0.1) is 0 Å². The standard InChI is InChI=1S/C8H14N2O/c9-8-2-5-10(6-3-8)4-1-7-11/h1,4,7-8H,2-3,5-6,9H2. The fourth-order valence-electron chi connectivity index (χ4n) is 1.23. The van der Waals surface area contributed by atoms with Crippen LogP contribution in [-0.4, -0.2) is 30.3 Å². The highest BCUT2D eigenvalue weighted by Gasteiger charge is 2.12. The predicted molar refractivity (Wildman–Crippen MR) is 44.0 cm³/mol. The molecule has 1 saturated heterocycles. The second kappa shape index (κ2) is 4.13. The summed E-state index contributed by atoms with van der Waals surface area (Å²) >= 11 is 0. The maximum absolute atomic E-state index is 9.97. The van der Waals surface area contributed by atoms with Crippen molar-refractivity contribution in [1.29, 1.82) is 0 Å². The quantitative estimate of drug-likeness (QED) is 0.454. The van der Waals surface area contributed by atoms with Crippen molar-refractivity contribution in [2.24, 2.45) is 5.73 Å². The van der Waals surface area contributed by atoms with Crippen LogP contribution in [0.3, 0.4) is 0 Å². The number of nitrogens with two attached hydrogens (primary N) is 1. The molecule has 1 aliphatic heterocycles. The molecular formula is C8H14N2O. The van der Waals surface area contributed by atoms with E-state index in [4.69, 9.17) is 5.73 Å². The van der Waals surface area contributed by atoms with Gasteiger partial charge in [-0.15, -0.1) is 0 Å². The second-order valence-corrected chi connectivity index (χ2v) is 2.85. The van der Waals surface area contributed by atoms with Crippen molar-refractivity contribution < 1.29 is 4.79 Å². The highest BCUT2D eigenvalue weighted by Crippen LogP contribution is 2.07. The van der Waals surface area contributed by atoms with Gasteiger partial charge in [0, 0.05) is 25.3 Å². The van der Waals surface area contributed by atoms with Gasteiger partial charge >= 0.3 is 0 Å². The van der Waals surface area contributed by atoms with Crippen LogP contribution in [0.4, 0.5) is 0 Å². The Balaban J connectivity index is 2.27. The minimum Gasteiger partial charge on any atom is -0.377 e. The van der Waals surface area contributed by atoms with Gasteiger partial charge in [0.15, 0.2) is 0 Å². The molecule has 0 aromatic carbocycles. The monoisotopic (exact) mass is 154 g/mol. The normalized spacial score (nSPS) is 21.0. The van der Waals surface area contributed by atoms with E-state index in [2.05, 4.69) is 4.90 Å². The summed E-state index contributed by atoms with van der Waals surface area (Å²) in [5.74, 6) is 0. The molecule has 0 atom stereocenters. The number of allylic oxidation sites excluding steroid dienone is 1. The van der Waals surface area contributed by atoms with Crippen LogP contribution >= 0.6 is 0 Å². The van der Waals surface area contributed by atoms with Crippen molar-refractivity contribution in [1.82, 2.24) is 4.90 Å². The summed E-state index contributed by atoms with van der Waals surface area (Å²) in [7, 11) is 0. The SMILES string of the molecule is NC1CCN(C=CC=O)CC1. The first-order chi connectivity index (χ1) is 5.33. The number of hydrogen-bond acceptors (Lipinski definition) is 3. The lowest BCUT2D eigenvalue weighted by Gasteiger charge is -2.28. The highest BCUT2D eigenvalue weighted by atomic mass is 16.1. The van der Waals surface area contributed by atoms with Crippen molar-refractivity contribution in [3.8, 4) is 0 Å². The number of piperidine rings is 1. The average Bonchev–Trinajstić information content (AvgIpc) is 2.04. The topological polar surface area (TPSA) is 46.3 Å². The molecule has 0 bridgehead atoms. The molecular weight excluding hydrogens is 140 g/mol. The third kappa shape index (κ3) is 2.72. The fraction of sp³-hybridized carbons (Fsp3) is 0.625. The largest absolute Gasteiger partial charge is 0.377 e. The molecule has 0 saturated carbocycles. The van der Waals surface area contributed by atoms with E-state index in [1.807, 2.05) is 6.20 Å². The van der Waals surface area contributed by atoms with E-state index in [1.165, 1.54) is 6.08 Å².